The monoisotopic (exact) mass is 436 g/mol. The van der Waals surface area contributed by atoms with Crippen LogP contribution < -0.4 is 14.2 Å². The van der Waals surface area contributed by atoms with Crippen molar-refractivity contribution in [1.29, 1.82) is 10.7 Å². The van der Waals surface area contributed by atoms with E-state index in [0.29, 0.717) is 17.4 Å². The second-order valence-electron chi connectivity index (χ2n) is 6.49. The average Bonchev–Trinajstić information content (AvgIpc) is 3.33. The molecule has 1 aromatic heterocycles. The molecule has 0 fully saturated rings. The van der Waals surface area contributed by atoms with Gasteiger partial charge in [-0.05, 0) is 35.9 Å². The molecule has 3 aromatic rings. The first-order valence-electron chi connectivity index (χ1n) is 8.55. The SMILES string of the molecule is N#CC1C(=N)Oc2n[nH]c(-c3ccc4c(c3)OCO4)c2C1c1ccc(Br)cc1. The molecule has 2 aliphatic rings. The maximum atomic E-state index is 9.75. The number of benzene rings is 2. The molecule has 2 aromatic carbocycles. The molecule has 5 rings (SSSR count). The zero-order chi connectivity index (χ0) is 19.3. The molecule has 2 N–H and O–H groups in total. The van der Waals surface area contributed by atoms with Crippen LogP contribution in [-0.2, 0) is 0 Å². The average molecular weight is 437 g/mol. The highest BCUT2D eigenvalue weighted by molar-refractivity contribution is 9.10. The lowest BCUT2D eigenvalue weighted by Gasteiger charge is -2.28. The maximum Gasteiger partial charge on any atom is 0.244 e. The molecule has 0 saturated heterocycles. The lowest BCUT2D eigenvalue weighted by molar-refractivity contribution is 0.174. The Bertz CT molecular complexity index is 1130. The van der Waals surface area contributed by atoms with E-state index in [1.165, 1.54) is 0 Å². The Hall–Kier alpha value is -3.31. The fraction of sp³-hybridized carbons (Fsp3) is 0.150. The minimum absolute atomic E-state index is 0.105. The molecule has 0 amide bonds. The number of fused-ring (bicyclic) bond motifs is 2. The van der Waals surface area contributed by atoms with Gasteiger partial charge in [0, 0.05) is 16.0 Å². The van der Waals surface area contributed by atoms with Crippen molar-refractivity contribution in [3.8, 4) is 34.7 Å². The van der Waals surface area contributed by atoms with Crippen LogP contribution in [0.2, 0.25) is 0 Å². The van der Waals surface area contributed by atoms with Crippen molar-refractivity contribution in [3.05, 3.63) is 58.1 Å². The van der Waals surface area contributed by atoms with Crippen LogP contribution in [0.5, 0.6) is 17.4 Å². The van der Waals surface area contributed by atoms with Gasteiger partial charge in [0.05, 0.1) is 17.3 Å². The van der Waals surface area contributed by atoms with Gasteiger partial charge in [-0.15, -0.1) is 5.10 Å². The third-order valence-corrected chi connectivity index (χ3v) is 5.46. The van der Waals surface area contributed by atoms with E-state index in [9.17, 15) is 5.26 Å². The Morgan fingerprint density at radius 3 is 2.71 bits per heavy atom. The number of H-pyrrole nitrogens is 1. The van der Waals surface area contributed by atoms with Gasteiger partial charge in [-0.1, -0.05) is 28.1 Å². The fourth-order valence-electron chi connectivity index (χ4n) is 3.62. The van der Waals surface area contributed by atoms with Gasteiger partial charge in [-0.3, -0.25) is 10.5 Å². The Morgan fingerprint density at radius 1 is 1.14 bits per heavy atom. The topological polar surface area (TPSA) is 104 Å². The number of nitriles is 1. The predicted molar refractivity (Wildman–Crippen MR) is 104 cm³/mol. The molecule has 0 aliphatic carbocycles. The molecule has 2 unspecified atom stereocenters. The van der Waals surface area contributed by atoms with Crippen LogP contribution in [0.15, 0.2) is 46.9 Å². The van der Waals surface area contributed by atoms with Crippen LogP contribution in [-0.4, -0.2) is 22.9 Å². The molecule has 28 heavy (non-hydrogen) atoms. The van der Waals surface area contributed by atoms with E-state index in [1.54, 1.807) is 0 Å². The molecule has 2 atom stereocenters. The predicted octanol–water partition coefficient (Wildman–Crippen LogP) is 4.21. The highest BCUT2D eigenvalue weighted by atomic mass is 79.9. The van der Waals surface area contributed by atoms with Gasteiger partial charge in [0.15, 0.2) is 11.5 Å². The number of ether oxygens (including phenoxy) is 3. The van der Waals surface area contributed by atoms with Crippen molar-refractivity contribution >= 4 is 21.8 Å². The van der Waals surface area contributed by atoms with E-state index in [-0.39, 0.29) is 18.6 Å². The molecule has 0 spiro atoms. The maximum absolute atomic E-state index is 9.75. The number of nitrogens with one attached hydrogen (secondary N) is 2. The zero-order valence-electron chi connectivity index (χ0n) is 14.4. The molecule has 3 heterocycles. The van der Waals surface area contributed by atoms with Gasteiger partial charge in [-0.25, -0.2) is 0 Å². The molecular formula is C20H13BrN4O3. The van der Waals surface area contributed by atoms with E-state index in [2.05, 4.69) is 32.2 Å². The Balaban J connectivity index is 1.69. The third kappa shape index (κ3) is 2.55. The zero-order valence-corrected chi connectivity index (χ0v) is 16.0. The van der Waals surface area contributed by atoms with E-state index in [4.69, 9.17) is 19.6 Å². The van der Waals surface area contributed by atoms with Crippen LogP contribution in [0, 0.1) is 22.7 Å². The smallest absolute Gasteiger partial charge is 0.244 e. The minimum Gasteiger partial charge on any atom is -0.454 e. The summed E-state index contributed by atoms with van der Waals surface area (Å²) < 4.78 is 17.4. The molecule has 2 aliphatic heterocycles. The third-order valence-electron chi connectivity index (χ3n) is 4.93. The van der Waals surface area contributed by atoms with Gasteiger partial charge >= 0.3 is 0 Å². The first-order chi connectivity index (χ1) is 13.7. The summed E-state index contributed by atoms with van der Waals surface area (Å²) in [7, 11) is 0. The fourth-order valence-corrected chi connectivity index (χ4v) is 3.88. The summed E-state index contributed by atoms with van der Waals surface area (Å²) in [4.78, 5) is 0. The van der Waals surface area contributed by atoms with Crippen LogP contribution in [0.4, 0.5) is 0 Å². The van der Waals surface area contributed by atoms with E-state index in [0.717, 1.165) is 26.9 Å². The summed E-state index contributed by atoms with van der Waals surface area (Å²) in [6, 6.07) is 15.6. The standard InChI is InChI=1S/C20H13BrN4O3/c21-12-4-1-10(2-5-12)16-13(8-22)19(23)28-20-17(16)18(24-25-20)11-3-6-14-15(7-11)27-9-26-14/h1-7,13,16,23H,9H2,(H,24,25). The molecule has 0 radical (unpaired) electrons. The van der Waals surface area contributed by atoms with Crippen LogP contribution in [0.1, 0.15) is 17.0 Å². The number of aromatic nitrogens is 2. The highest BCUT2D eigenvalue weighted by Gasteiger charge is 2.40. The quantitative estimate of drug-likeness (QED) is 0.625. The van der Waals surface area contributed by atoms with Crippen molar-refractivity contribution < 1.29 is 14.2 Å². The largest absolute Gasteiger partial charge is 0.454 e. The number of hydrogen-bond donors (Lipinski definition) is 2. The van der Waals surface area contributed by atoms with Gasteiger partial charge in [0.25, 0.3) is 0 Å². The summed E-state index contributed by atoms with van der Waals surface area (Å²) in [5.74, 6) is 0.424. The summed E-state index contributed by atoms with van der Waals surface area (Å²) in [6.07, 6.45) is 0. The van der Waals surface area contributed by atoms with E-state index < -0.39 is 5.92 Å². The van der Waals surface area contributed by atoms with Crippen molar-refractivity contribution in [2.45, 2.75) is 5.92 Å². The molecule has 138 valence electrons. The van der Waals surface area contributed by atoms with Crippen molar-refractivity contribution in [3.63, 3.8) is 0 Å². The van der Waals surface area contributed by atoms with Gasteiger partial charge in [0.1, 0.15) is 5.92 Å². The van der Waals surface area contributed by atoms with Gasteiger partial charge in [0.2, 0.25) is 18.6 Å². The first-order valence-corrected chi connectivity index (χ1v) is 9.34. The van der Waals surface area contributed by atoms with Crippen LogP contribution in [0.3, 0.4) is 0 Å². The Morgan fingerprint density at radius 2 is 1.93 bits per heavy atom. The Kier molecular flexibility index (Phi) is 3.84. The summed E-state index contributed by atoms with van der Waals surface area (Å²) >= 11 is 3.44. The van der Waals surface area contributed by atoms with Crippen molar-refractivity contribution in [1.82, 2.24) is 10.2 Å². The highest BCUT2D eigenvalue weighted by Crippen LogP contribution is 2.47. The molecular weight excluding hydrogens is 424 g/mol. The second-order valence-corrected chi connectivity index (χ2v) is 7.40. The summed E-state index contributed by atoms with van der Waals surface area (Å²) in [5.41, 5.74) is 3.24. The lowest BCUT2D eigenvalue weighted by Crippen LogP contribution is -2.30. The Labute approximate surface area is 168 Å². The number of halogens is 1. The summed E-state index contributed by atoms with van der Waals surface area (Å²) in [5, 5.41) is 25.2. The van der Waals surface area contributed by atoms with Gasteiger partial charge in [-0.2, -0.15) is 5.26 Å². The number of aromatic amines is 1. The van der Waals surface area contributed by atoms with E-state index >= 15 is 0 Å². The van der Waals surface area contributed by atoms with Crippen LogP contribution in [0.25, 0.3) is 11.3 Å². The molecule has 0 bridgehead atoms. The molecule has 7 nitrogen and oxygen atoms in total. The van der Waals surface area contributed by atoms with Crippen molar-refractivity contribution in [2.75, 3.05) is 6.79 Å². The minimum atomic E-state index is -0.751. The summed E-state index contributed by atoms with van der Waals surface area (Å²) in [6.45, 7) is 0.193. The number of hydrogen-bond acceptors (Lipinski definition) is 6. The number of nitrogens with zero attached hydrogens (tertiary/aromatic N) is 2. The lowest BCUT2D eigenvalue weighted by atomic mass is 9.79. The number of rotatable bonds is 2. The molecule has 8 heteroatoms. The normalized spacial score (nSPS) is 19.6. The first kappa shape index (κ1) is 16.8. The van der Waals surface area contributed by atoms with Gasteiger partial charge < -0.3 is 14.2 Å². The van der Waals surface area contributed by atoms with Crippen LogP contribution >= 0.6 is 15.9 Å². The van der Waals surface area contributed by atoms with E-state index in [1.807, 2.05) is 42.5 Å². The van der Waals surface area contributed by atoms with Crippen molar-refractivity contribution in [2.24, 2.45) is 5.92 Å². The second kappa shape index (κ2) is 6.39. The molecule has 0 saturated carbocycles.